The summed E-state index contributed by atoms with van der Waals surface area (Å²) in [6.45, 7) is 1.82. The first kappa shape index (κ1) is 26.2. The molecule has 2 atom stereocenters. The number of aliphatic hydroxyl groups is 2. The molecule has 2 aromatic carbocycles. The van der Waals surface area contributed by atoms with Crippen LogP contribution in [0.1, 0.15) is 44.4 Å². The Morgan fingerprint density at radius 1 is 1.05 bits per heavy atom. The number of aliphatic hydroxyl groups excluding tert-OH is 2. The summed E-state index contributed by atoms with van der Waals surface area (Å²) in [6.07, 6.45) is -4.65. The summed E-state index contributed by atoms with van der Waals surface area (Å²) >= 11 is 1.16. The van der Waals surface area contributed by atoms with Gasteiger partial charge in [0.05, 0.1) is 17.6 Å². The third-order valence-electron chi connectivity index (χ3n) is 5.31. The number of aryl methyl sites for hydroxylation is 1. The van der Waals surface area contributed by atoms with Crippen molar-refractivity contribution in [2.24, 2.45) is 0 Å². The molecule has 4 aromatic rings. The van der Waals surface area contributed by atoms with E-state index in [9.17, 15) is 28.2 Å². The fraction of sp³-hybridized carbons (Fsp3) is 0.200. The summed E-state index contributed by atoms with van der Waals surface area (Å²) in [4.78, 5) is 23.9. The predicted octanol–water partition coefficient (Wildman–Crippen LogP) is 5.22. The van der Waals surface area contributed by atoms with Gasteiger partial charge in [-0.3, -0.25) is 0 Å². The van der Waals surface area contributed by atoms with Crippen molar-refractivity contribution in [1.29, 1.82) is 0 Å². The lowest BCUT2D eigenvalue weighted by Gasteiger charge is -2.16. The van der Waals surface area contributed by atoms with Gasteiger partial charge >= 0.3 is 12.1 Å². The minimum atomic E-state index is -4.59. The molecule has 37 heavy (non-hydrogen) atoms. The van der Waals surface area contributed by atoms with Crippen LogP contribution in [0.15, 0.2) is 60.9 Å². The molecule has 0 saturated carbocycles. The maximum Gasteiger partial charge on any atom is 0.433 e. The van der Waals surface area contributed by atoms with E-state index in [-0.39, 0.29) is 11.0 Å². The van der Waals surface area contributed by atoms with Gasteiger partial charge in [0.15, 0.2) is 0 Å². The van der Waals surface area contributed by atoms with E-state index in [2.05, 4.69) is 25.0 Å². The number of nitrogens with one attached hydrogen (secondary N) is 1. The SMILES string of the molecule is COC(=O)c1ccc(C(O)C(O)c2ncc(-c3cc(C)cc(Nc4nccc(C(F)(F)F)n4)c3)s2)cc1. The van der Waals surface area contributed by atoms with Gasteiger partial charge in [0.2, 0.25) is 5.95 Å². The topological polar surface area (TPSA) is 117 Å². The van der Waals surface area contributed by atoms with E-state index < -0.39 is 30.0 Å². The summed E-state index contributed by atoms with van der Waals surface area (Å²) < 4.78 is 43.6. The second-order valence-electron chi connectivity index (χ2n) is 8.04. The number of ether oxygens (including phenoxy) is 1. The highest BCUT2D eigenvalue weighted by Gasteiger charge is 2.32. The van der Waals surface area contributed by atoms with Crippen molar-refractivity contribution in [3.63, 3.8) is 0 Å². The van der Waals surface area contributed by atoms with Gasteiger partial charge in [0.25, 0.3) is 0 Å². The number of nitrogens with zero attached hydrogens (tertiary/aromatic N) is 3. The summed E-state index contributed by atoms with van der Waals surface area (Å²) in [5.41, 5.74) is 1.62. The third kappa shape index (κ3) is 6.10. The molecule has 0 aliphatic rings. The Bertz CT molecular complexity index is 1410. The number of methoxy groups -OCH3 is 1. The Morgan fingerprint density at radius 2 is 1.78 bits per heavy atom. The van der Waals surface area contributed by atoms with Gasteiger partial charge < -0.3 is 20.3 Å². The van der Waals surface area contributed by atoms with Crippen LogP contribution in [0.25, 0.3) is 10.4 Å². The van der Waals surface area contributed by atoms with Crippen molar-refractivity contribution < 1.29 is 32.9 Å². The standard InChI is InChI=1S/C25H21F3N4O4S/c1-13-9-16(11-17(10-13)31-24-29-8-7-19(32-24)25(26,27)28)18-12-30-22(37-18)21(34)20(33)14-3-5-15(6-4-14)23(35)36-2/h3-12,20-21,33-34H,1-2H3,(H,29,31,32). The Hall–Kier alpha value is -3.87. The molecule has 2 heterocycles. The number of aromatic nitrogens is 3. The molecule has 0 bridgehead atoms. The first-order chi connectivity index (χ1) is 17.5. The van der Waals surface area contributed by atoms with Crippen molar-refractivity contribution in [1.82, 2.24) is 15.0 Å². The molecule has 2 unspecified atom stereocenters. The number of hydrogen-bond acceptors (Lipinski definition) is 9. The number of benzene rings is 2. The van der Waals surface area contributed by atoms with Gasteiger partial charge in [-0.2, -0.15) is 13.2 Å². The molecule has 0 aliphatic carbocycles. The summed E-state index contributed by atoms with van der Waals surface area (Å²) in [5, 5.41) is 24.4. The molecule has 0 amide bonds. The van der Waals surface area contributed by atoms with Crippen molar-refractivity contribution in [3.8, 4) is 10.4 Å². The smallest absolute Gasteiger partial charge is 0.433 e. The zero-order chi connectivity index (χ0) is 26.7. The molecular formula is C25H21F3N4O4S. The highest BCUT2D eigenvalue weighted by Crippen LogP contribution is 2.36. The summed E-state index contributed by atoms with van der Waals surface area (Å²) in [5.74, 6) is -0.717. The Balaban J connectivity index is 1.53. The molecule has 0 spiro atoms. The van der Waals surface area contributed by atoms with E-state index in [1.165, 1.54) is 37.6 Å². The fourth-order valence-electron chi connectivity index (χ4n) is 3.51. The van der Waals surface area contributed by atoms with Crippen LogP contribution in [-0.4, -0.2) is 38.2 Å². The van der Waals surface area contributed by atoms with Crippen LogP contribution < -0.4 is 5.32 Å². The molecule has 2 aromatic heterocycles. The van der Waals surface area contributed by atoms with Crippen molar-refractivity contribution in [2.45, 2.75) is 25.3 Å². The molecule has 12 heteroatoms. The van der Waals surface area contributed by atoms with E-state index in [1.54, 1.807) is 12.1 Å². The number of rotatable bonds is 7. The van der Waals surface area contributed by atoms with E-state index in [0.717, 1.165) is 29.2 Å². The normalized spacial score (nSPS) is 13.2. The molecule has 8 nitrogen and oxygen atoms in total. The van der Waals surface area contributed by atoms with Gasteiger partial charge in [-0.15, -0.1) is 11.3 Å². The lowest BCUT2D eigenvalue weighted by atomic mass is 10.0. The molecular weight excluding hydrogens is 509 g/mol. The average Bonchev–Trinajstić information content (AvgIpc) is 3.37. The van der Waals surface area contributed by atoms with Crippen LogP contribution in [0, 0.1) is 6.92 Å². The van der Waals surface area contributed by atoms with Crippen LogP contribution in [0.2, 0.25) is 0 Å². The molecule has 192 valence electrons. The zero-order valence-corrected chi connectivity index (χ0v) is 20.3. The Kier molecular flexibility index (Phi) is 7.52. The van der Waals surface area contributed by atoms with Crippen LogP contribution in [0.5, 0.6) is 0 Å². The van der Waals surface area contributed by atoms with Crippen molar-refractivity contribution in [2.75, 3.05) is 12.4 Å². The van der Waals surface area contributed by atoms with Crippen LogP contribution >= 0.6 is 11.3 Å². The third-order valence-corrected chi connectivity index (χ3v) is 6.43. The predicted molar refractivity (Wildman–Crippen MR) is 130 cm³/mol. The van der Waals surface area contributed by atoms with Crippen LogP contribution in [-0.2, 0) is 10.9 Å². The number of halogens is 3. The van der Waals surface area contributed by atoms with Gasteiger partial charge in [0.1, 0.15) is 22.9 Å². The van der Waals surface area contributed by atoms with Gasteiger partial charge in [-0.05, 0) is 53.9 Å². The van der Waals surface area contributed by atoms with E-state index in [0.29, 0.717) is 27.3 Å². The molecule has 3 N–H and O–H groups in total. The number of alkyl halides is 3. The lowest BCUT2D eigenvalue weighted by Crippen LogP contribution is -2.10. The van der Waals surface area contributed by atoms with Crippen LogP contribution in [0.3, 0.4) is 0 Å². The number of esters is 1. The van der Waals surface area contributed by atoms with Gasteiger partial charge in [-0.25, -0.2) is 19.7 Å². The molecule has 0 aliphatic heterocycles. The Morgan fingerprint density at radius 3 is 2.46 bits per heavy atom. The summed E-state index contributed by atoms with van der Waals surface area (Å²) in [7, 11) is 1.27. The number of anilines is 2. The first-order valence-electron chi connectivity index (χ1n) is 10.8. The molecule has 0 saturated heterocycles. The highest BCUT2D eigenvalue weighted by molar-refractivity contribution is 7.15. The number of thiazole rings is 1. The maximum atomic E-state index is 13.0. The van der Waals surface area contributed by atoms with Crippen LogP contribution in [0.4, 0.5) is 24.8 Å². The van der Waals surface area contributed by atoms with E-state index in [1.807, 2.05) is 13.0 Å². The number of carbonyl (C=O) groups excluding carboxylic acids is 1. The van der Waals surface area contributed by atoms with Gasteiger partial charge in [0, 0.05) is 18.1 Å². The number of hydrogen-bond donors (Lipinski definition) is 3. The molecule has 0 radical (unpaired) electrons. The van der Waals surface area contributed by atoms with Crippen molar-refractivity contribution >= 4 is 28.9 Å². The lowest BCUT2D eigenvalue weighted by molar-refractivity contribution is -0.141. The minimum absolute atomic E-state index is 0.201. The zero-order valence-electron chi connectivity index (χ0n) is 19.5. The first-order valence-corrected chi connectivity index (χ1v) is 11.7. The largest absolute Gasteiger partial charge is 0.465 e. The van der Waals surface area contributed by atoms with E-state index >= 15 is 0 Å². The quantitative estimate of drug-likeness (QED) is 0.278. The van der Waals surface area contributed by atoms with Crippen molar-refractivity contribution in [3.05, 3.63) is 88.3 Å². The summed E-state index contributed by atoms with van der Waals surface area (Å²) in [6, 6.07) is 12.1. The molecule has 4 rings (SSSR count). The molecule has 0 fully saturated rings. The number of carbonyl (C=O) groups is 1. The van der Waals surface area contributed by atoms with E-state index in [4.69, 9.17) is 0 Å². The monoisotopic (exact) mass is 530 g/mol. The minimum Gasteiger partial charge on any atom is -0.465 e. The maximum absolute atomic E-state index is 13.0. The Labute approximate surface area is 213 Å². The second kappa shape index (κ2) is 10.6. The fourth-order valence-corrected chi connectivity index (χ4v) is 4.43. The highest BCUT2D eigenvalue weighted by atomic mass is 32.1. The average molecular weight is 531 g/mol. The second-order valence-corrected chi connectivity index (χ2v) is 9.10. The van der Waals surface area contributed by atoms with Gasteiger partial charge in [-0.1, -0.05) is 18.2 Å².